The first kappa shape index (κ1) is 12.3. The van der Waals surface area contributed by atoms with Crippen LogP contribution in [0.1, 0.15) is 13.3 Å². The highest BCUT2D eigenvalue weighted by atomic mass is 16.5. The molecule has 0 rings (SSSR count). The smallest absolute Gasteiger partial charge is 0.323 e. The minimum Gasteiger partial charge on any atom is -0.480 e. The van der Waals surface area contributed by atoms with Crippen LogP contribution in [0.15, 0.2) is 0 Å². The minimum atomic E-state index is -0.938. The molecule has 0 bridgehead atoms. The second-order valence-corrected chi connectivity index (χ2v) is 2.94. The Bertz CT molecular complexity index is 149. The summed E-state index contributed by atoms with van der Waals surface area (Å²) in [6.45, 7) is 2.26. The van der Waals surface area contributed by atoms with E-state index in [1.54, 1.807) is 6.92 Å². The molecule has 13 heavy (non-hydrogen) atoms. The van der Waals surface area contributed by atoms with Crippen molar-refractivity contribution in [2.24, 2.45) is 0 Å². The van der Waals surface area contributed by atoms with Gasteiger partial charge in [-0.25, -0.2) is 0 Å². The summed E-state index contributed by atoms with van der Waals surface area (Å²) in [4.78, 5) is 10.6. The van der Waals surface area contributed by atoms with Gasteiger partial charge in [-0.3, -0.25) is 4.79 Å². The molecule has 2 unspecified atom stereocenters. The summed E-state index contributed by atoms with van der Waals surface area (Å²) in [5, 5.41) is 20.3. The molecule has 0 radical (unpaired) electrons. The Morgan fingerprint density at radius 1 is 1.62 bits per heavy atom. The number of hydrogen-bond acceptors (Lipinski definition) is 4. The van der Waals surface area contributed by atoms with Gasteiger partial charge < -0.3 is 20.3 Å². The monoisotopic (exact) mass is 191 g/mol. The summed E-state index contributed by atoms with van der Waals surface area (Å²) in [5.74, 6) is -0.938. The lowest BCUT2D eigenvalue weighted by Crippen LogP contribution is -2.41. The zero-order chi connectivity index (χ0) is 10.3. The molecule has 0 fully saturated rings. The van der Waals surface area contributed by atoms with Crippen LogP contribution in [0.3, 0.4) is 0 Å². The van der Waals surface area contributed by atoms with Crippen molar-refractivity contribution in [2.45, 2.75) is 25.5 Å². The van der Waals surface area contributed by atoms with Gasteiger partial charge in [0.2, 0.25) is 0 Å². The lowest BCUT2D eigenvalue weighted by Gasteiger charge is -2.13. The lowest BCUT2D eigenvalue weighted by molar-refractivity contribution is -0.140. The van der Waals surface area contributed by atoms with Crippen LogP contribution in [0.25, 0.3) is 0 Å². The maximum absolute atomic E-state index is 10.6. The highest BCUT2D eigenvalue weighted by molar-refractivity contribution is 5.73. The zero-order valence-corrected chi connectivity index (χ0v) is 7.99. The highest BCUT2D eigenvalue weighted by Gasteiger charge is 2.15. The van der Waals surface area contributed by atoms with Crippen LogP contribution in [-0.2, 0) is 9.53 Å². The first-order valence-electron chi connectivity index (χ1n) is 4.21. The van der Waals surface area contributed by atoms with Crippen LogP contribution in [0.5, 0.6) is 0 Å². The van der Waals surface area contributed by atoms with E-state index >= 15 is 0 Å². The number of aliphatic carboxylic acids is 1. The average molecular weight is 191 g/mol. The molecule has 0 aliphatic heterocycles. The summed E-state index contributed by atoms with van der Waals surface area (Å²) < 4.78 is 4.72. The largest absolute Gasteiger partial charge is 0.480 e. The molecule has 0 spiro atoms. The van der Waals surface area contributed by atoms with Crippen LogP contribution in [0.4, 0.5) is 0 Å². The lowest BCUT2D eigenvalue weighted by atomic mass is 10.2. The minimum absolute atomic E-state index is 0.134. The molecule has 2 atom stereocenters. The molecule has 0 aliphatic rings. The van der Waals surface area contributed by atoms with Gasteiger partial charge in [0.1, 0.15) is 6.04 Å². The average Bonchev–Trinajstić information content (AvgIpc) is 2.02. The molecule has 5 heteroatoms. The predicted octanol–water partition coefficient (Wildman–Crippen LogP) is -0.553. The van der Waals surface area contributed by atoms with Gasteiger partial charge >= 0.3 is 5.97 Å². The quantitative estimate of drug-likeness (QED) is 0.503. The molecule has 0 saturated carbocycles. The SMILES string of the molecule is COCC(NCCC(C)O)C(=O)O. The Kier molecular flexibility index (Phi) is 6.48. The molecule has 0 heterocycles. The molecular weight excluding hydrogens is 174 g/mol. The van der Waals surface area contributed by atoms with E-state index in [9.17, 15) is 4.79 Å². The maximum atomic E-state index is 10.6. The van der Waals surface area contributed by atoms with Crippen LogP contribution in [0, 0.1) is 0 Å². The summed E-state index contributed by atoms with van der Waals surface area (Å²) in [7, 11) is 1.45. The number of carboxylic acids is 1. The number of carbonyl (C=O) groups is 1. The van der Waals surface area contributed by atoms with E-state index in [-0.39, 0.29) is 6.61 Å². The fourth-order valence-corrected chi connectivity index (χ4v) is 0.851. The van der Waals surface area contributed by atoms with Gasteiger partial charge in [-0.1, -0.05) is 0 Å². The molecule has 0 amide bonds. The van der Waals surface area contributed by atoms with Crippen molar-refractivity contribution < 1.29 is 19.7 Å². The van der Waals surface area contributed by atoms with E-state index < -0.39 is 18.1 Å². The molecule has 3 N–H and O–H groups in total. The van der Waals surface area contributed by atoms with Gasteiger partial charge in [0.25, 0.3) is 0 Å². The third-order valence-electron chi connectivity index (χ3n) is 1.58. The van der Waals surface area contributed by atoms with E-state index in [4.69, 9.17) is 14.9 Å². The Labute approximate surface area is 77.7 Å². The van der Waals surface area contributed by atoms with E-state index in [2.05, 4.69) is 5.32 Å². The Morgan fingerprint density at radius 3 is 2.62 bits per heavy atom. The number of aliphatic hydroxyl groups is 1. The number of nitrogens with one attached hydrogen (secondary N) is 1. The third kappa shape index (κ3) is 6.51. The van der Waals surface area contributed by atoms with Crippen molar-refractivity contribution in [2.75, 3.05) is 20.3 Å². The zero-order valence-electron chi connectivity index (χ0n) is 7.99. The first-order chi connectivity index (χ1) is 6.07. The molecule has 5 nitrogen and oxygen atoms in total. The van der Waals surface area contributed by atoms with Gasteiger partial charge in [-0.05, 0) is 19.9 Å². The number of aliphatic hydroxyl groups excluding tert-OH is 1. The van der Waals surface area contributed by atoms with Gasteiger partial charge in [-0.15, -0.1) is 0 Å². The Hall–Kier alpha value is -0.650. The summed E-state index contributed by atoms with van der Waals surface area (Å²) in [6, 6.07) is -0.691. The summed E-state index contributed by atoms with van der Waals surface area (Å²) in [5.41, 5.74) is 0. The van der Waals surface area contributed by atoms with E-state index in [0.29, 0.717) is 13.0 Å². The normalized spacial score (nSPS) is 15.3. The van der Waals surface area contributed by atoms with Crippen LogP contribution in [-0.4, -0.2) is 48.6 Å². The topological polar surface area (TPSA) is 78.8 Å². The third-order valence-corrected chi connectivity index (χ3v) is 1.58. The molecule has 0 aromatic rings. The van der Waals surface area contributed by atoms with E-state index in [1.807, 2.05) is 0 Å². The van der Waals surface area contributed by atoms with Gasteiger partial charge in [0, 0.05) is 7.11 Å². The van der Waals surface area contributed by atoms with E-state index in [1.165, 1.54) is 7.11 Å². The van der Waals surface area contributed by atoms with E-state index in [0.717, 1.165) is 0 Å². The molecule has 78 valence electrons. The van der Waals surface area contributed by atoms with Crippen LogP contribution >= 0.6 is 0 Å². The van der Waals surface area contributed by atoms with Crippen LogP contribution < -0.4 is 5.32 Å². The molecule has 0 saturated heterocycles. The Balaban J connectivity index is 3.63. The van der Waals surface area contributed by atoms with Crippen molar-refractivity contribution in [3.8, 4) is 0 Å². The summed E-state index contributed by atoms with van der Waals surface area (Å²) in [6.07, 6.45) is 0.123. The van der Waals surface area contributed by atoms with Crippen molar-refractivity contribution in [3.05, 3.63) is 0 Å². The number of methoxy groups -OCH3 is 1. The first-order valence-corrected chi connectivity index (χ1v) is 4.21. The predicted molar refractivity (Wildman–Crippen MR) is 47.6 cm³/mol. The van der Waals surface area contributed by atoms with Crippen molar-refractivity contribution >= 4 is 5.97 Å². The van der Waals surface area contributed by atoms with Crippen molar-refractivity contribution in [1.82, 2.24) is 5.32 Å². The standard InChI is InChI=1S/C8H17NO4/c1-6(10)3-4-9-7(5-13-2)8(11)12/h6-7,9-10H,3-5H2,1-2H3,(H,11,12). The fraction of sp³-hybridized carbons (Fsp3) is 0.875. The maximum Gasteiger partial charge on any atom is 0.323 e. The number of hydrogen-bond donors (Lipinski definition) is 3. The van der Waals surface area contributed by atoms with Gasteiger partial charge in [0.05, 0.1) is 12.7 Å². The number of ether oxygens (including phenoxy) is 1. The van der Waals surface area contributed by atoms with Crippen molar-refractivity contribution in [1.29, 1.82) is 0 Å². The molecule has 0 aromatic heterocycles. The molecular formula is C8H17NO4. The van der Waals surface area contributed by atoms with Gasteiger partial charge in [0.15, 0.2) is 0 Å². The number of carboxylic acid groups (broad SMARTS) is 1. The van der Waals surface area contributed by atoms with Crippen molar-refractivity contribution in [3.63, 3.8) is 0 Å². The molecule has 0 aliphatic carbocycles. The highest BCUT2D eigenvalue weighted by Crippen LogP contribution is 1.90. The van der Waals surface area contributed by atoms with Crippen LogP contribution in [0.2, 0.25) is 0 Å². The Morgan fingerprint density at radius 2 is 2.23 bits per heavy atom. The molecule has 0 aromatic carbocycles. The summed E-state index contributed by atoms with van der Waals surface area (Å²) >= 11 is 0. The second kappa shape index (κ2) is 6.82. The fourth-order valence-electron chi connectivity index (χ4n) is 0.851. The number of rotatable bonds is 7. The second-order valence-electron chi connectivity index (χ2n) is 2.94. The van der Waals surface area contributed by atoms with Gasteiger partial charge in [-0.2, -0.15) is 0 Å².